The van der Waals surface area contributed by atoms with E-state index in [0.29, 0.717) is 9.52 Å². The zero-order valence-electron chi connectivity index (χ0n) is 5.97. The van der Waals surface area contributed by atoms with Gasteiger partial charge in [0.2, 0.25) is 0 Å². The van der Waals surface area contributed by atoms with Crippen LogP contribution in [0.4, 0.5) is 0 Å². The second-order valence-corrected chi connectivity index (χ2v) is 5.03. The summed E-state index contributed by atoms with van der Waals surface area (Å²) in [6.45, 7) is 3.93. The monoisotopic (exact) mass is 196 g/mol. The van der Waals surface area contributed by atoms with Gasteiger partial charge in [0.05, 0.1) is 16.8 Å². The van der Waals surface area contributed by atoms with Gasteiger partial charge in [-0.2, -0.15) is 0 Å². The molecule has 0 amide bonds. The largest absolute Gasteiger partial charge is 0.499 e. The Hall–Kier alpha value is 0.337. The Balaban J connectivity index is 3.20. The molecule has 1 nitrogen and oxygen atoms in total. The molecule has 0 aromatic carbocycles. The van der Waals surface area contributed by atoms with E-state index in [9.17, 15) is 0 Å². The molecule has 10 heavy (non-hydrogen) atoms. The van der Waals surface area contributed by atoms with Crippen molar-refractivity contribution in [2.24, 2.45) is 0 Å². The molecule has 0 bridgehead atoms. The SMILES string of the molecule is CC(C)OC=C[Si]C(Cl)Cl. The molecule has 0 heterocycles. The lowest BCUT2D eigenvalue weighted by Crippen LogP contribution is -1.99. The molecule has 0 spiro atoms. The second-order valence-electron chi connectivity index (χ2n) is 1.95. The van der Waals surface area contributed by atoms with Crippen LogP contribution in [0.5, 0.6) is 0 Å². The van der Waals surface area contributed by atoms with Gasteiger partial charge in [-0.05, 0) is 13.8 Å². The molecule has 0 unspecified atom stereocenters. The first-order valence-electron chi connectivity index (χ1n) is 2.97. The van der Waals surface area contributed by atoms with Gasteiger partial charge < -0.3 is 4.74 Å². The highest BCUT2D eigenvalue weighted by Gasteiger charge is 1.94. The molecule has 0 aliphatic carbocycles. The smallest absolute Gasteiger partial charge is 0.118 e. The van der Waals surface area contributed by atoms with Crippen molar-refractivity contribution < 1.29 is 4.74 Å². The highest BCUT2D eigenvalue weighted by atomic mass is 35.5. The summed E-state index contributed by atoms with van der Waals surface area (Å²) in [5.74, 6) is 0. The minimum absolute atomic E-state index is 0.227. The molecule has 0 N–H and O–H groups in total. The minimum atomic E-state index is -0.299. The van der Waals surface area contributed by atoms with E-state index in [-0.39, 0.29) is 10.6 Å². The maximum Gasteiger partial charge on any atom is 0.118 e. The highest BCUT2D eigenvalue weighted by Crippen LogP contribution is 1.98. The van der Waals surface area contributed by atoms with Gasteiger partial charge >= 0.3 is 0 Å². The number of hydrogen-bond donors (Lipinski definition) is 0. The first kappa shape index (κ1) is 10.3. The molecule has 4 heteroatoms. The summed E-state index contributed by atoms with van der Waals surface area (Å²) in [6, 6.07) is 0. The summed E-state index contributed by atoms with van der Waals surface area (Å²) >= 11 is 10.9. The Labute approximate surface area is 74.2 Å². The molecule has 0 fully saturated rings. The number of ether oxygens (including phenoxy) is 1. The van der Waals surface area contributed by atoms with Gasteiger partial charge in [0, 0.05) is 0 Å². The predicted octanol–water partition coefficient (Wildman–Crippen LogP) is 2.35. The molecule has 0 rings (SSSR count). The fourth-order valence-corrected chi connectivity index (χ4v) is 1.05. The predicted molar refractivity (Wildman–Crippen MR) is 46.6 cm³/mol. The number of rotatable bonds is 4. The van der Waals surface area contributed by atoms with E-state index in [1.54, 1.807) is 6.26 Å². The molecule has 0 saturated heterocycles. The second kappa shape index (κ2) is 6.07. The summed E-state index contributed by atoms with van der Waals surface area (Å²) in [5, 5.41) is 0. The van der Waals surface area contributed by atoms with Crippen molar-refractivity contribution in [3.05, 3.63) is 12.0 Å². The number of halogens is 2. The summed E-state index contributed by atoms with van der Waals surface area (Å²) in [4.78, 5) is 0. The van der Waals surface area contributed by atoms with Crippen molar-refractivity contribution in [1.82, 2.24) is 0 Å². The van der Waals surface area contributed by atoms with Crippen molar-refractivity contribution >= 4 is 32.7 Å². The Morgan fingerprint density at radius 1 is 1.40 bits per heavy atom. The third kappa shape index (κ3) is 8.34. The van der Waals surface area contributed by atoms with Crippen molar-refractivity contribution in [1.29, 1.82) is 0 Å². The van der Waals surface area contributed by atoms with Crippen LogP contribution in [0.1, 0.15) is 13.8 Å². The lowest BCUT2D eigenvalue weighted by atomic mass is 10.5. The van der Waals surface area contributed by atoms with E-state index in [4.69, 9.17) is 27.9 Å². The third-order valence-corrected chi connectivity index (χ3v) is 1.98. The zero-order valence-corrected chi connectivity index (χ0v) is 8.49. The average Bonchev–Trinajstić information content (AvgIpc) is 1.79. The Bertz CT molecular complexity index is 91.9. The number of hydrogen-bond acceptors (Lipinski definition) is 1. The summed E-state index contributed by atoms with van der Waals surface area (Å²) in [7, 11) is 0.413. The van der Waals surface area contributed by atoms with Crippen molar-refractivity contribution in [3.8, 4) is 0 Å². The van der Waals surface area contributed by atoms with Gasteiger partial charge in [0.15, 0.2) is 0 Å². The van der Waals surface area contributed by atoms with E-state index in [1.165, 1.54) is 0 Å². The first-order valence-corrected chi connectivity index (χ1v) is 5.00. The number of alkyl halides is 2. The van der Waals surface area contributed by atoms with Crippen molar-refractivity contribution in [3.63, 3.8) is 0 Å². The highest BCUT2D eigenvalue weighted by molar-refractivity contribution is 6.71. The Morgan fingerprint density at radius 3 is 2.40 bits per heavy atom. The Kier molecular flexibility index (Phi) is 6.28. The van der Waals surface area contributed by atoms with Gasteiger partial charge in [0.1, 0.15) is 9.52 Å². The van der Waals surface area contributed by atoms with Crippen molar-refractivity contribution in [2.75, 3.05) is 0 Å². The lowest BCUT2D eigenvalue weighted by Gasteiger charge is -2.01. The van der Waals surface area contributed by atoms with Crippen molar-refractivity contribution in [2.45, 2.75) is 24.4 Å². The molecular formula is C6H10Cl2OSi. The fraction of sp³-hybridized carbons (Fsp3) is 0.667. The maximum atomic E-state index is 5.46. The van der Waals surface area contributed by atoms with Crippen LogP contribution in [0.2, 0.25) is 0 Å². The maximum absolute atomic E-state index is 5.46. The van der Waals surface area contributed by atoms with Gasteiger partial charge in [-0.15, -0.1) is 23.2 Å². The fourth-order valence-electron chi connectivity index (χ4n) is 0.308. The van der Waals surface area contributed by atoms with E-state index >= 15 is 0 Å². The Morgan fingerprint density at radius 2 is 2.00 bits per heavy atom. The lowest BCUT2D eigenvalue weighted by molar-refractivity contribution is 0.180. The van der Waals surface area contributed by atoms with Gasteiger partial charge in [-0.25, -0.2) is 0 Å². The van der Waals surface area contributed by atoms with Crippen LogP contribution in [0, 0.1) is 0 Å². The standard InChI is InChI=1S/C6H10Cl2OSi/c1-5(2)9-3-4-10-6(7)8/h3-6H,1-2H3. The zero-order chi connectivity index (χ0) is 7.98. The van der Waals surface area contributed by atoms with E-state index in [2.05, 4.69) is 0 Å². The summed E-state index contributed by atoms with van der Waals surface area (Å²) in [5.41, 5.74) is 1.84. The summed E-state index contributed by atoms with van der Waals surface area (Å²) in [6.07, 6.45) is 1.87. The van der Waals surface area contributed by atoms with Crippen LogP contribution < -0.4 is 0 Å². The first-order chi connectivity index (χ1) is 4.63. The molecule has 0 aliphatic rings. The van der Waals surface area contributed by atoms with Crippen LogP contribution in [0.3, 0.4) is 0 Å². The van der Waals surface area contributed by atoms with Gasteiger partial charge in [-0.3, -0.25) is 0 Å². The molecule has 0 saturated carbocycles. The summed E-state index contributed by atoms with van der Waals surface area (Å²) < 4.78 is 4.80. The average molecular weight is 197 g/mol. The topological polar surface area (TPSA) is 9.23 Å². The van der Waals surface area contributed by atoms with Crippen LogP contribution in [-0.2, 0) is 4.74 Å². The third-order valence-electron chi connectivity index (χ3n) is 0.641. The molecular weight excluding hydrogens is 187 g/mol. The van der Waals surface area contributed by atoms with E-state index in [1.807, 2.05) is 19.5 Å². The molecule has 0 aromatic heterocycles. The molecule has 0 aliphatic heterocycles. The van der Waals surface area contributed by atoms with Gasteiger partial charge in [-0.1, -0.05) is 5.70 Å². The normalized spacial score (nSPS) is 11.8. The van der Waals surface area contributed by atoms with Crippen LogP contribution in [0.15, 0.2) is 12.0 Å². The molecule has 2 radical (unpaired) electrons. The van der Waals surface area contributed by atoms with Gasteiger partial charge in [0.25, 0.3) is 0 Å². The van der Waals surface area contributed by atoms with E-state index < -0.39 is 0 Å². The van der Waals surface area contributed by atoms with Crippen LogP contribution in [0.25, 0.3) is 0 Å². The minimum Gasteiger partial charge on any atom is -0.499 e. The molecule has 58 valence electrons. The quantitative estimate of drug-likeness (QED) is 0.382. The van der Waals surface area contributed by atoms with E-state index in [0.717, 1.165) is 0 Å². The molecule has 0 aromatic rings. The molecule has 0 atom stereocenters. The van der Waals surface area contributed by atoms with Crippen LogP contribution in [-0.4, -0.2) is 20.1 Å². The van der Waals surface area contributed by atoms with Crippen LogP contribution >= 0.6 is 23.2 Å².